The van der Waals surface area contributed by atoms with E-state index in [4.69, 9.17) is 16.0 Å². The highest BCUT2D eigenvalue weighted by Crippen LogP contribution is 2.29. The van der Waals surface area contributed by atoms with Crippen molar-refractivity contribution in [3.8, 4) is 0 Å². The Morgan fingerprint density at radius 2 is 2.38 bits per heavy atom. The highest BCUT2D eigenvalue weighted by molar-refractivity contribution is 6.35. The molecule has 0 aromatic carbocycles. The Hall–Kier alpha value is -1.06. The Morgan fingerprint density at radius 3 is 3.08 bits per heavy atom. The molecule has 2 aromatic rings. The van der Waals surface area contributed by atoms with Gasteiger partial charge < -0.3 is 9.52 Å². The molecule has 68 valence electrons. The lowest BCUT2D eigenvalue weighted by Crippen LogP contribution is -1.94. The summed E-state index contributed by atoms with van der Waals surface area (Å²) in [4.78, 5) is 4.02. The molecule has 0 spiro atoms. The van der Waals surface area contributed by atoms with Gasteiger partial charge in [-0.05, 0) is 13.0 Å². The number of hydrogen-bond donors (Lipinski definition) is 1. The molecular formula is C9H8ClNO2. The predicted molar refractivity (Wildman–Crippen MR) is 49.7 cm³/mol. The molecule has 4 heteroatoms. The van der Waals surface area contributed by atoms with Gasteiger partial charge in [-0.15, -0.1) is 0 Å². The molecule has 0 aliphatic heterocycles. The van der Waals surface area contributed by atoms with Crippen molar-refractivity contribution in [2.24, 2.45) is 0 Å². The number of pyridine rings is 1. The molecule has 0 saturated heterocycles. The zero-order chi connectivity index (χ0) is 9.42. The molecule has 0 saturated carbocycles. The van der Waals surface area contributed by atoms with Gasteiger partial charge in [0, 0.05) is 11.6 Å². The number of rotatable bonds is 1. The van der Waals surface area contributed by atoms with E-state index in [0.717, 1.165) is 5.39 Å². The van der Waals surface area contributed by atoms with Gasteiger partial charge in [0.15, 0.2) is 5.58 Å². The van der Waals surface area contributed by atoms with Crippen LogP contribution in [0.1, 0.15) is 18.7 Å². The first-order valence-electron chi connectivity index (χ1n) is 3.90. The number of hydrogen-bond acceptors (Lipinski definition) is 3. The fraction of sp³-hybridized carbons (Fsp3) is 0.222. The van der Waals surface area contributed by atoms with E-state index >= 15 is 0 Å². The van der Waals surface area contributed by atoms with Crippen LogP contribution < -0.4 is 0 Å². The average Bonchev–Trinajstić information content (AvgIpc) is 2.48. The van der Waals surface area contributed by atoms with E-state index in [9.17, 15) is 5.11 Å². The van der Waals surface area contributed by atoms with Gasteiger partial charge in [-0.25, -0.2) is 0 Å². The topological polar surface area (TPSA) is 46.3 Å². The summed E-state index contributed by atoms with van der Waals surface area (Å²) in [6, 6.07) is 1.76. The van der Waals surface area contributed by atoms with Crippen LogP contribution in [-0.4, -0.2) is 10.1 Å². The predicted octanol–water partition coefficient (Wildman–Crippen LogP) is 2.53. The van der Waals surface area contributed by atoms with Crippen LogP contribution in [0.25, 0.3) is 11.0 Å². The van der Waals surface area contributed by atoms with Crippen molar-refractivity contribution < 1.29 is 9.52 Å². The zero-order valence-corrected chi connectivity index (χ0v) is 7.75. The molecule has 2 heterocycles. The van der Waals surface area contributed by atoms with Crippen molar-refractivity contribution in [2.45, 2.75) is 13.0 Å². The molecule has 1 atom stereocenters. The number of aliphatic hydroxyl groups is 1. The number of furan rings is 1. The van der Waals surface area contributed by atoms with Gasteiger partial charge in [0.05, 0.1) is 11.1 Å². The third-order valence-corrected chi connectivity index (χ3v) is 2.16. The maximum Gasteiger partial charge on any atom is 0.159 e. The van der Waals surface area contributed by atoms with Crippen LogP contribution in [0.4, 0.5) is 0 Å². The Balaban J connectivity index is 2.77. The normalized spacial score (nSPS) is 13.5. The summed E-state index contributed by atoms with van der Waals surface area (Å²) in [5, 5.41) is 10.7. The fourth-order valence-corrected chi connectivity index (χ4v) is 1.44. The standard InChI is InChI=1S/C9H8ClNO2/c1-5(12)8-9-6(2-3-11-8)7(10)4-13-9/h2-5,12H,1H3. The van der Waals surface area contributed by atoms with E-state index in [-0.39, 0.29) is 0 Å². The summed E-state index contributed by atoms with van der Waals surface area (Å²) in [6.45, 7) is 1.64. The van der Waals surface area contributed by atoms with E-state index in [0.29, 0.717) is 16.3 Å². The van der Waals surface area contributed by atoms with Crippen LogP contribution in [-0.2, 0) is 0 Å². The first-order chi connectivity index (χ1) is 6.20. The third-order valence-electron chi connectivity index (χ3n) is 1.87. The Bertz CT molecular complexity index is 436. The van der Waals surface area contributed by atoms with E-state index in [1.165, 1.54) is 6.26 Å². The first kappa shape index (κ1) is 8.53. The van der Waals surface area contributed by atoms with E-state index in [1.807, 2.05) is 0 Å². The molecule has 3 nitrogen and oxygen atoms in total. The molecule has 0 aliphatic rings. The molecule has 0 bridgehead atoms. The van der Waals surface area contributed by atoms with Crippen LogP contribution in [0, 0.1) is 0 Å². The summed E-state index contributed by atoms with van der Waals surface area (Å²) in [6.07, 6.45) is 2.40. The second-order valence-corrected chi connectivity index (χ2v) is 3.24. The minimum Gasteiger partial charge on any atom is -0.461 e. The molecular weight excluding hydrogens is 190 g/mol. The maximum atomic E-state index is 9.37. The summed E-state index contributed by atoms with van der Waals surface area (Å²) in [7, 11) is 0. The van der Waals surface area contributed by atoms with Gasteiger partial charge in [-0.2, -0.15) is 0 Å². The van der Waals surface area contributed by atoms with Crippen molar-refractivity contribution in [2.75, 3.05) is 0 Å². The Morgan fingerprint density at radius 1 is 1.62 bits per heavy atom. The SMILES string of the molecule is CC(O)c1nccc2c(Cl)coc12. The highest BCUT2D eigenvalue weighted by atomic mass is 35.5. The molecule has 2 aromatic heterocycles. The van der Waals surface area contributed by atoms with Crippen LogP contribution in [0.15, 0.2) is 22.9 Å². The molecule has 1 unspecified atom stereocenters. The van der Waals surface area contributed by atoms with Crippen LogP contribution in [0.2, 0.25) is 5.02 Å². The Kier molecular flexibility index (Phi) is 1.98. The second kappa shape index (κ2) is 3.01. The average molecular weight is 198 g/mol. The maximum absolute atomic E-state index is 9.37. The van der Waals surface area contributed by atoms with E-state index in [1.54, 1.807) is 19.2 Å². The lowest BCUT2D eigenvalue weighted by atomic mass is 10.2. The van der Waals surface area contributed by atoms with Crippen molar-refractivity contribution in [3.63, 3.8) is 0 Å². The highest BCUT2D eigenvalue weighted by Gasteiger charge is 2.12. The minimum absolute atomic E-state index is 0.518. The van der Waals surface area contributed by atoms with Gasteiger partial charge >= 0.3 is 0 Å². The monoisotopic (exact) mass is 197 g/mol. The van der Waals surface area contributed by atoms with Crippen LogP contribution >= 0.6 is 11.6 Å². The smallest absolute Gasteiger partial charge is 0.159 e. The van der Waals surface area contributed by atoms with Crippen LogP contribution in [0.5, 0.6) is 0 Å². The van der Waals surface area contributed by atoms with Crippen molar-refractivity contribution in [3.05, 3.63) is 29.2 Å². The van der Waals surface area contributed by atoms with Crippen molar-refractivity contribution in [1.82, 2.24) is 4.98 Å². The molecule has 0 radical (unpaired) electrons. The number of nitrogens with zero attached hydrogens (tertiary/aromatic N) is 1. The molecule has 1 N–H and O–H groups in total. The number of aromatic nitrogens is 1. The molecule has 13 heavy (non-hydrogen) atoms. The van der Waals surface area contributed by atoms with Crippen molar-refractivity contribution in [1.29, 1.82) is 0 Å². The largest absolute Gasteiger partial charge is 0.461 e. The van der Waals surface area contributed by atoms with Gasteiger partial charge in [-0.3, -0.25) is 4.98 Å². The summed E-state index contributed by atoms with van der Waals surface area (Å²) in [5.74, 6) is 0. The lowest BCUT2D eigenvalue weighted by Gasteiger charge is -2.02. The van der Waals surface area contributed by atoms with Crippen molar-refractivity contribution >= 4 is 22.6 Å². The third kappa shape index (κ3) is 1.30. The lowest BCUT2D eigenvalue weighted by molar-refractivity contribution is 0.194. The van der Waals surface area contributed by atoms with Crippen LogP contribution in [0.3, 0.4) is 0 Å². The van der Waals surface area contributed by atoms with E-state index < -0.39 is 6.10 Å². The fourth-order valence-electron chi connectivity index (χ4n) is 1.25. The van der Waals surface area contributed by atoms with Gasteiger partial charge in [0.2, 0.25) is 0 Å². The van der Waals surface area contributed by atoms with Gasteiger partial charge in [-0.1, -0.05) is 11.6 Å². The number of fused-ring (bicyclic) bond motifs is 1. The molecule has 2 rings (SSSR count). The van der Waals surface area contributed by atoms with Gasteiger partial charge in [0.1, 0.15) is 12.0 Å². The molecule has 0 amide bonds. The molecule has 0 aliphatic carbocycles. The first-order valence-corrected chi connectivity index (χ1v) is 4.27. The summed E-state index contributed by atoms with van der Waals surface area (Å²) < 4.78 is 5.19. The van der Waals surface area contributed by atoms with Gasteiger partial charge in [0.25, 0.3) is 0 Å². The minimum atomic E-state index is -0.647. The zero-order valence-electron chi connectivity index (χ0n) is 6.99. The summed E-state index contributed by atoms with van der Waals surface area (Å²) >= 11 is 5.85. The Labute approximate surface area is 80.0 Å². The second-order valence-electron chi connectivity index (χ2n) is 2.83. The molecule has 0 fully saturated rings. The number of halogens is 1. The van der Waals surface area contributed by atoms with E-state index in [2.05, 4.69) is 4.98 Å². The summed E-state index contributed by atoms with van der Waals surface area (Å²) in [5.41, 5.74) is 1.08. The number of aliphatic hydroxyl groups excluding tert-OH is 1. The quantitative estimate of drug-likeness (QED) is 0.764.